The van der Waals surface area contributed by atoms with Gasteiger partial charge in [0.1, 0.15) is 4.60 Å². The minimum atomic E-state index is 0.805. The molecule has 2 aromatic rings. The van der Waals surface area contributed by atoms with Crippen molar-refractivity contribution in [3.8, 4) is 0 Å². The Balaban J connectivity index is 2.26. The Bertz CT molecular complexity index is 427. The van der Waals surface area contributed by atoms with E-state index in [4.69, 9.17) is 0 Å². The van der Waals surface area contributed by atoms with E-state index in [1.54, 1.807) is 11.5 Å². The molecule has 0 radical (unpaired) electrons. The molecule has 0 aliphatic carbocycles. The van der Waals surface area contributed by atoms with Crippen molar-refractivity contribution in [2.24, 2.45) is 0 Å². The van der Waals surface area contributed by atoms with Crippen molar-refractivity contribution in [1.29, 1.82) is 0 Å². The Morgan fingerprint density at radius 1 is 1.50 bits per heavy atom. The third-order valence-corrected chi connectivity index (χ3v) is 3.42. The van der Waals surface area contributed by atoms with Crippen molar-refractivity contribution in [3.63, 3.8) is 0 Å². The molecule has 0 atom stereocenters. The first-order chi connectivity index (χ1) is 6.66. The van der Waals surface area contributed by atoms with Gasteiger partial charge in [-0.15, -0.1) is 0 Å². The van der Waals surface area contributed by atoms with E-state index in [0.717, 1.165) is 16.8 Å². The van der Waals surface area contributed by atoms with Crippen molar-refractivity contribution in [2.75, 3.05) is 0 Å². The normalized spacial score (nSPS) is 10.8. The summed E-state index contributed by atoms with van der Waals surface area (Å²) in [6.45, 7) is 4.94. The van der Waals surface area contributed by atoms with Crippen LogP contribution in [-0.4, -0.2) is 14.2 Å². The molecule has 0 fully saturated rings. The molecule has 0 bridgehead atoms. The van der Waals surface area contributed by atoms with Gasteiger partial charge in [0.25, 0.3) is 0 Å². The van der Waals surface area contributed by atoms with Crippen molar-refractivity contribution in [1.82, 2.24) is 14.2 Å². The van der Waals surface area contributed by atoms with Gasteiger partial charge in [-0.05, 0) is 47.4 Å². The van der Waals surface area contributed by atoms with Crippen LogP contribution in [0.1, 0.15) is 16.1 Å². The zero-order valence-corrected chi connectivity index (χ0v) is 10.4. The molecule has 0 aliphatic rings. The van der Waals surface area contributed by atoms with Crippen LogP contribution >= 0.6 is 27.5 Å². The quantitative estimate of drug-likeness (QED) is 0.841. The first-order valence-electron chi connectivity index (χ1n) is 4.27. The Labute approximate surface area is 95.1 Å². The van der Waals surface area contributed by atoms with Gasteiger partial charge < -0.3 is 0 Å². The Kier molecular flexibility index (Phi) is 2.69. The van der Waals surface area contributed by atoms with Gasteiger partial charge in [0.05, 0.1) is 12.2 Å². The minimum absolute atomic E-state index is 0.805. The molecule has 0 aromatic carbocycles. The third kappa shape index (κ3) is 1.88. The highest BCUT2D eigenvalue weighted by atomic mass is 79.9. The van der Waals surface area contributed by atoms with Crippen molar-refractivity contribution in [3.05, 3.63) is 33.0 Å². The summed E-state index contributed by atoms with van der Waals surface area (Å²) in [4.78, 5) is 1.27. The molecule has 74 valence electrons. The molecule has 2 aromatic heterocycles. The zero-order valence-electron chi connectivity index (χ0n) is 7.99. The molecule has 14 heavy (non-hydrogen) atoms. The Morgan fingerprint density at radius 2 is 2.29 bits per heavy atom. The lowest BCUT2D eigenvalue weighted by molar-refractivity contribution is 0.677. The smallest absolute Gasteiger partial charge is 0.128 e. The van der Waals surface area contributed by atoms with Crippen LogP contribution in [0.15, 0.2) is 16.9 Å². The number of halogens is 1. The fraction of sp³-hybridized carbons (Fsp3) is 0.333. The van der Waals surface area contributed by atoms with Gasteiger partial charge in [-0.3, -0.25) is 4.68 Å². The lowest BCUT2D eigenvalue weighted by Gasteiger charge is -2.01. The van der Waals surface area contributed by atoms with Gasteiger partial charge in [0.15, 0.2) is 0 Å². The predicted octanol–water partition coefficient (Wildman–Crippen LogP) is 2.77. The highest BCUT2D eigenvalue weighted by Crippen LogP contribution is 2.18. The van der Waals surface area contributed by atoms with Gasteiger partial charge >= 0.3 is 0 Å². The van der Waals surface area contributed by atoms with Crippen LogP contribution in [0, 0.1) is 13.8 Å². The van der Waals surface area contributed by atoms with Gasteiger partial charge in [-0.2, -0.15) is 9.47 Å². The molecule has 0 unspecified atom stereocenters. The molecule has 0 spiro atoms. The van der Waals surface area contributed by atoms with E-state index >= 15 is 0 Å². The topological polar surface area (TPSA) is 30.7 Å². The van der Waals surface area contributed by atoms with Crippen molar-refractivity contribution >= 4 is 27.5 Å². The number of rotatable bonds is 2. The molecule has 2 rings (SSSR count). The molecule has 5 heteroatoms. The summed E-state index contributed by atoms with van der Waals surface area (Å²) < 4.78 is 7.09. The van der Waals surface area contributed by atoms with Gasteiger partial charge in [-0.25, -0.2) is 0 Å². The summed E-state index contributed by atoms with van der Waals surface area (Å²) in [6.07, 6.45) is 1.96. The summed E-state index contributed by atoms with van der Waals surface area (Å²) >= 11 is 4.88. The van der Waals surface area contributed by atoms with Crippen LogP contribution in [-0.2, 0) is 6.54 Å². The van der Waals surface area contributed by atoms with E-state index in [9.17, 15) is 0 Å². The summed E-state index contributed by atoms with van der Waals surface area (Å²) in [7, 11) is 0. The number of hydrogen-bond acceptors (Lipinski definition) is 3. The summed E-state index contributed by atoms with van der Waals surface area (Å²) in [5.41, 5.74) is 2.39. The lowest BCUT2D eigenvalue weighted by atomic mass is 10.2. The predicted molar refractivity (Wildman–Crippen MR) is 60.6 cm³/mol. The lowest BCUT2D eigenvalue weighted by Crippen LogP contribution is -2.01. The minimum Gasteiger partial charge on any atom is -0.267 e. The maximum Gasteiger partial charge on any atom is 0.128 e. The van der Waals surface area contributed by atoms with Crippen LogP contribution in [0.2, 0.25) is 0 Å². The molecular weight excluding hydrogens is 262 g/mol. The fourth-order valence-corrected chi connectivity index (χ4v) is 2.34. The van der Waals surface area contributed by atoms with E-state index in [2.05, 4.69) is 32.3 Å². The highest BCUT2D eigenvalue weighted by molar-refractivity contribution is 9.10. The van der Waals surface area contributed by atoms with Crippen LogP contribution in [0.4, 0.5) is 0 Å². The van der Waals surface area contributed by atoms with E-state index in [-0.39, 0.29) is 0 Å². The van der Waals surface area contributed by atoms with Gasteiger partial charge in [0.2, 0.25) is 0 Å². The van der Waals surface area contributed by atoms with Crippen LogP contribution in [0.3, 0.4) is 0 Å². The van der Waals surface area contributed by atoms with E-state index in [1.807, 2.05) is 23.9 Å². The largest absolute Gasteiger partial charge is 0.267 e. The number of aromatic nitrogens is 3. The Morgan fingerprint density at radius 3 is 2.79 bits per heavy atom. The molecule has 2 heterocycles. The monoisotopic (exact) mass is 271 g/mol. The maximum absolute atomic E-state index is 4.31. The van der Waals surface area contributed by atoms with Crippen LogP contribution < -0.4 is 0 Å². The van der Waals surface area contributed by atoms with E-state index in [0.29, 0.717) is 0 Å². The number of hydrogen-bond donors (Lipinski definition) is 0. The zero-order chi connectivity index (χ0) is 10.1. The molecular formula is C9H10BrN3S. The molecule has 0 N–H and O–H groups in total. The highest BCUT2D eigenvalue weighted by Gasteiger charge is 2.07. The summed E-state index contributed by atoms with van der Waals surface area (Å²) in [5, 5.41) is 4.28. The molecule has 0 saturated heterocycles. The SMILES string of the molecule is Cc1nsc(C)c1Cn1ccc(Br)n1. The summed E-state index contributed by atoms with van der Waals surface area (Å²) in [5.74, 6) is 0. The molecule has 0 aliphatic heterocycles. The second-order valence-corrected chi connectivity index (χ2v) is 4.93. The summed E-state index contributed by atoms with van der Waals surface area (Å²) in [6, 6.07) is 1.93. The standard InChI is InChI=1S/C9H10BrN3S/c1-6-8(7(2)14-12-6)5-13-4-3-9(10)11-13/h3-4H,5H2,1-2H3. The van der Waals surface area contributed by atoms with Crippen LogP contribution in [0.25, 0.3) is 0 Å². The number of nitrogens with zero attached hydrogens (tertiary/aromatic N) is 3. The first-order valence-corrected chi connectivity index (χ1v) is 5.84. The average molecular weight is 272 g/mol. The van der Waals surface area contributed by atoms with Crippen molar-refractivity contribution < 1.29 is 0 Å². The number of aryl methyl sites for hydroxylation is 2. The van der Waals surface area contributed by atoms with E-state index in [1.165, 1.54) is 10.4 Å². The molecule has 0 amide bonds. The Hall–Kier alpha value is -0.680. The van der Waals surface area contributed by atoms with Crippen molar-refractivity contribution in [2.45, 2.75) is 20.4 Å². The van der Waals surface area contributed by atoms with Gasteiger partial charge in [-0.1, -0.05) is 0 Å². The molecule has 0 saturated carbocycles. The first kappa shape index (κ1) is 9.86. The second kappa shape index (κ2) is 3.82. The molecule has 3 nitrogen and oxygen atoms in total. The second-order valence-electron chi connectivity index (χ2n) is 3.14. The van der Waals surface area contributed by atoms with E-state index < -0.39 is 0 Å². The average Bonchev–Trinajstić information content (AvgIpc) is 2.67. The van der Waals surface area contributed by atoms with Crippen LogP contribution in [0.5, 0.6) is 0 Å². The fourth-order valence-electron chi connectivity index (χ4n) is 1.31. The van der Waals surface area contributed by atoms with Gasteiger partial charge in [0, 0.05) is 16.6 Å². The maximum atomic E-state index is 4.31. The third-order valence-electron chi connectivity index (χ3n) is 2.11.